The van der Waals surface area contributed by atoms with Crippen LogP contribution in [0, 0.1) is 0 Å². The van der Waals surface area contributed by atoms with Crippen molar-refractivity contribution in [2.45, 2.75) is 26.3 Å². The molecule has 0 saturated heterocycles. The average molecular weight is 195 g/mol. The summed E-state index contributed by atoms with van der Waals surface area (Å²) in [7, 11) is 0. The first kappa shape index (κ1) is 10.1. The fourth-order valence-electron chi connectivity index (χ4n) is 1.12. The van der Waals surface area contributed by atoms with Crippen LogP contribution in [0.4, 0.5) is 0 Å². The van der Waals surface area contributed by atoms with Gasteiger partial charge in [-0.25, -0.2) is 4.99 Å². The molecule has 0 amide bonds. The Hall–Kier alpha value is -0.990. The monoisotopic (exact) mass is 195 g/mol. The molecule has 4 heteroatoms. The minimum absolute atomic E-state index is 0.765. The minimum Gasteiger partial charge on any atom is -0.273 e. The van der Waals surface area contributed by atoms with E-state index in [1.165, 1.54) is 5.56 Å². The second-order valence-corrected chi connectivity index (χ2v) is 2.96. The third-order valence-electron chi connectivity index (χ3n) is 1.81. The second kappa shape index (κ2) is 5.62. The minimum atomic E-state index is 0.765. The number of aromatic nitrogens is 2. The smallest absolute Gasteiger partial charge is 0.0584 e. The zero-order valence-corrected chi connectivity index (χ0v) is 8.55. The van der Waals surface area contributed by atoms with Gasteiger partial charge in [-0.15, -0.1) is 0 Å². The third-order valence-corrected chi connectivity index (χ3v) is 1.94. The Morgan fingerprint density at radius 1 is 1.69 bits per heavy atom. The van der Waals surface area contributed by atoms with Crippen molar-refractivity contribution in [1.82, 2.24) is 9.78 Å². The molecule has 0 N–H and O–H groups in total. The molecule has 0 bridgehead atoms. The van der Waals surface area contributed by atoms with E-state index in [1.807, 2.05) is 10.9 Å². The summed E-state index contributed by atoms with van der Waals surface area (Å²) in [4.78, 5) is 3.85. The molecule has 0 aliphatic heterocycles. The first-order chi connectivity index (χ1) is 6.36. The Morgan fingerprint density at radius 3 is 3.15 bits per heavy atom. The van der Waals surface area contributed by atoms with Gasteiger partial charge in [-0.3, -0.25) is 4.68 Å². The van der Waals surface area contributed by atoms with Crippen LogP contribution in [0.25, 0.3) is 0 Å². The Bertz CT molecular complexity index is 300. The van der Waals surface area contributed by atoms with Crippen molar-refractivity contribution in [3.05, 3.63) is 18.0 Å². The van der Waals surface area contributed by atoms with Gasteiger partial charge in [-0.2, -0.15) is 5.10 Å². The van der Waals surface area contributed by atoms with Gasteiger partial charge in [0.2, 0.25) is 0 Å². The Kier molecular flexibility index (Phi) is 4.36. The van der Waals surface area contributed by atoms with E-state index in [1.54, 1.807) is 0 Å². The maximum atomic E-state index is 4.47. The first-order valence-electron chi connectivity index (χ1n) is 4.41. The number of aryl methyl sites for hydroxylation is 2. The fraction of sp³-hybridized carbons (Fsp3) is 0.556. The van der Waals surface area contributed by atoms with Gasteiger partial charge in [-0.1, -0.05) is 0 Å². The summed E-state index contributed by atoms with van der Waals surface area (Å²) in [5, 5.41) is 6.54. The van der Waals surface area contributed by atoms with Crippen molar-refractivity contribution in [2.75, 3.05) is 6.54 Å². The van der Waals surface area contributed by atoms with Gasteiger partial charge < -0.3 is 0 Å². The molecule has 0 atom stereocenters. The van der Waals surface area contributed by atoms with Crippen molar-refractivity contribution in [1.29, 1.82) is 0 Å². The van der Waals surface area contributed by atoms with Crippen LogP contribution in [-0.2, 0) is 13.0 Å². The largest absolute Gasteiger partial charge is 0.273 e. The van der Waals surface area contributed by atoms with Crippen LogP contribution in [0.2, 0.25) is 0 Å². The molecule has 1 aromatic heterocycles. The highest BCUT2D eigenvalue weighted by atomic mass is 32.1. The van der Waals surface area contributed by atoms with E-state index in [9.17, 15) is 0 Å². The van der Waals surface area contributed by atoms with Gasteiger partial charge in [-0.05, 0) is 37.5 Å². The highest BCUT2D eigenvalue weighted by Gasteiger charge is 1.95. The summed E-state index contributed by atoms with van der Waals surface area (Å²) in [5.74, 6) is 0. The molecular formula is C9H13N3S. The molecule has 70 valence electrons. The zero-order valence-electron chi connectivity index (χ0n) is 7.73. The molecule has 1 rings (SSSR count). The molecule has 0 radical (unpaired) electrons. The number of thiocarbonyl (C=S) groups is 1. The predicted octanol–water partition coefficient (Wildman–Crippen LogP) is 1.94. The highest BCUT2D eigenvalue weighted by molar-refractivity contribution is 7.78. The zero-order chi connectivity index (χ0) is 9.52. The maximum Gasteiger partial charge on any atom is 0.0584 e. The predicted molar refractivity (Wildman–Crippen MR) is 56.1 cm³/mol. The number of isothiocyanates is 1. The lowest BCUT2D eigenvalue weighted by atomic mass is 10.2. The first-order valence-corrected chi connectivity index (χ1v) is 4.82. The van der Waals surface area contributed by atoms with E-state index in [-0.39, 0.29) is 0 Å². The van der Waals surface area contributed by atoms with Gasteiger partial charge in [0.05, 0.1) is 11.4 Å². The highest BCUT2D eigenvalue weighted by Crippen LogP contribution is 2.01. The van der Waals surface area contributed by atoms with Crippen molar-refractivity contribution in [3.63, 3.8) is 0 Å². The van der Waals surface area contributed by atoms with E-state index in [0.29, 0.717) is 0 Å². The summed E-state index contributed by atoms with van der Waals surface area (Å²) in [6, 6.07) is 0. The molecular weight excluding hydrogens is 182 g/mol. The van der Waals surface area contributed by atoms with Gasteiger partial charge >= 0.3 is 0 Å². The number of hydrogen-bond acceptors (Lipinski definition) is 3. The summed E-state index contributed by atoms with van der Waals surface area (Å²) >= 11 is 4.47. The lowest BCUT2D eigenvalue weighted by Gasteiger charge is -1.92. The van der Waals surface area contributed by atoms with Crippen molar-refractivity contribution >= 4 is 17.4 Å². The molecule has 0 aliphatic rings. The lowest BCUT2D eigenvalue weighted by Crippen LogP contribution is -1.92. The molecule has 0 aromatic carbocycles. The van der Waals surface area contributed by atoms with Crippen molar-refractivity contribution in [3.8, 4) is 0 Å². The maximum absolute atomic E-state index is 4.47. The molecule has 0 fully saturated rings. The second-order valence-electron chi connectivity index (χ2n) is 2.78. The van der Waals surface area contributed by atoms with Gasteiger partial charge in [0.15, 0.2) is 0 Å². The topological polar surface area (TPSA) is 30.2 Å². The SMILES string of the molecule is CCn1cc(CCCN=C=S)cn1. The van der Waals surface area contributed by atoms with Crippen LogP contribution in [0.3, 0.4) is 0 Å². The molecule has 13 heavy (non-hydrogen) atoms. The quantitative estimate of drug-likeness (QED) is 0.408. The molecule has 0 spiro atoms. The van der Waals surface area contributed by atoms with Crippen LogP contribution < -0.4 is 0 Å². The lowest BCUT2D eigenvalue weighted by molar-refractivity contribution is 0.659. The van der Waals surface area contributed by atoms with E-state index in [4.69, 9.17) is 0 Å². The van der Waals surface area contributed by atoms with E-state index in [0.717, 1.165) is 25.9 Å². The molecule has 1 heterocycles. The van der Waals surface area contributed by atoms with Crippen LogP contribution in [0.15, 0.2) is 17.4 Å². The number of aliphatic imine (C=N–C) groups is 1. The van der Waals surface area contributed by atoms with E-state index in [2.05, 4.69) is 40.6 Å². The standard InChI is InChI=1S/C9H13N3S/c1-2-12-7-9(6-11-12)4-3-5-10-8-13/h6-7H,2-5H2,1H3. The fourth-order valence-corrected chi connectivity index (χ4v) is 1.21. The Labute approximate surface area is 83.5 Å². The summed E-state index contributed by atoms with van der Waals surface area (Å²) in [5.41, 5.74) is 1.27. The van der Waals surface area contributed by atoms with Crippen molar-refractivity contribution < 1.29 is 0 Å². The van der Waals surface area contributed by atoms with Gasteiger partial charge in [0, 0.05) is 19.3 Å². The summed E-state index contributed by atoms with van der Waals surface area (Å²) < 4.78 is 1.93. The van der Waals surface area contributed by atoms with E-state index >= 15 is 0 Å². The molecule has 1 aromatic rings. The van der Waals surface area contributed by atoms with Crippen LogP contribution in [0.5, 0.6) is 0 Å². The average Bonchev–Trinajstić information content (AvgIpc) is 2.60. The van der Waals surface area contributed by atoms with Crippen molar-refractivity contribution in [2.24, 2.45) is 4.99 Å². The molecule has 0 saturated carbocycles. The summed E-state index contributed by atoms with van der Waals surface area (Å²) in [6.45, 7) is 3.77. The van der Waals surface area contributed by atoms with Crippen LogP contribution in [0.1, 0.15) is 18.9 Å². The Morgan fingerprint density at radius 2 is 2.54 bits per heavy atom. The third kappa shape index (κ3) is 3.49. The number of rotatable bonds is 5. The van der Waals surface area contributed by atoms with Crippen LogP contribution in [-0.4, -0.2) is 21.5 Å². The van der Waals surface area contributed by atoms with Gasteiger partial charge in [0.1, 0.15) is 0 Å². The van der Waals surface area contributed by atoms with E-state index < -0.39 is 0 Å². The van der Waals surface area contributed by atoms with Crippen LogP contribution >= 0.6 is 12.2 Å². The Balaban J connectivity index is 2.32. The molecule has 0 unspecified atom stereocenters. The van der Waals surface area contributed by atoms with Gasteiger partial charge in [0.25, 0.3) is 0 Å². The summed E-state index contributed by atoms with van der Waals surface area (Å²) in [6.07, 6.45) is 6.01. The normalized spacial score (nSPS) is 9.62. The number of nitrogens with zero attached hydrogens (tertiary/aromatic N) is 3. The molecule has 3 nitrogen and oxygen atoms in total. The number of hydrogen-bond donors (Lipinski definition) is 0. The molecule has 0 aliphatic carbocycles.